The van der Waals surface area contributed by atoms with Gasteiger partial charge in [-0.2, -0.15) is 0 Å². The molecule has 1 aliphatic rings. The molecule has 74 valence electrons. The number of fused-ring (bicyclic) bond motifs is 1. The number of hydrogen-bond acceptors (Lipinski definition) is 1. The zero-order valence-electron chi connectivity index (χ0n) is 8.96. The van der Waals surface area contributed by atoms with Crippen molar-refractivity contribution in [2.75, 3.05) is 11.4 Å². The number of anilines is 1. The van der Waals surface area contributed by atoms with Crippen molar-refractivity contribution in [2.45, 2.75) is 26.3 Å². The SMILES string of the molecule is C=C1c2ccccc2N(CC)C1CC. The van der Waals surface area contributed by atoms with Crippen molar-refractivity contribution in [1.29, 1.82) is 0 Å². The molecule has 0 spiro atoms. The van der Waals surface area contributed by atoms with Gasteiger partial charge in [0.2, 0.25) is 0 Å². The zero-order valence-corrected chi connectivity index (χ0v) is 8.96. The second-order valence-corrected chi connectivity index (χ2v) is 3.75. The highest BCUT2D eigenvalue weighted by Crippen LogP contribution is 2.39. The summed E-state index contributed by atoms with van der Waals surface area (Å²) in [6.45, 7) is 9.70. The number of hydrogen-bond donors (Lipinski definition) is 0. The predicted octanol–water partition coefficient (Wildman–Crippen LogP) is 3.32. The lowest BCUT2D eigenvalue weighted by Gasteiger charge is -2.25. The molecule has 1 heteroatoms. The van der Waals surface area contributed by atoms with E-state index in [0.717, 1.165) is 13.0 Å². The lowest BCUT2D eigenvalue weighted by Crippen LogP contribution is -2.30. The first kappa shape index (κ1) is 9.32. The first-order valence-electron chi connectivity index (χ1n) is 5.34. The van der Waals surface area contributed by atoms with E-state index in [1.165, 1.54) is 16.8 Å². The molecule has 1 heterocycles. The van der Waals surface area contributed by atoms with Gasteiger partial charge < -0.3 is 4.90 Å². The van der Waals surface area contributed by atoms with Gasteiger partial charge in [-0.05, 0) is 25.0 Å². The average Bonchev–Trinajstić information content (AvgIpc) is 2.51. The first-order chi connectivity index (χ1) is 6.79. The van der Waals surface area contributed by atoms with E-state index in [0.29, 0.717) is 6.04 Å². The molecule has 14 heavy (non-hydrogen) atoms. The fourth-order valence-electron chi connectivity index (χ4n) is 2.39. The van der Waals surface area contributed by atoms with Crippen LogP contribution in [-0.4, -0.2) is 12.6 Å². The van der Waals surface area contributed by atoms with Crippen LogP contribution in [0.4, 0.5) is 5.69 Å². The van der Waals surface area contributed by atoms with Gasteiger partial charge in [-0.3, -0.25) is 0 Å². The Bertz CT molecular complexity index is 354. The highest BCUT2D eigenvalue weighted by Gasteiger charge is 2.29. The summed E-state index contributed by atoms with van der Waals surface area (Å²) in [4.78, 5) is 2.44. The van der Waals surface area contributed by atoms with Crippen molar-refractivity contribution in [2.24, 2.45) is 0 Å². The van der Waals surface area contributed by atoms with Gasteiger partial charge in [-0.25, -0.2) is 0 Å². The van der Waals surface area contributed by atoms with E-state index in [4.69, 9.17) is 0 Å². The highest BCUT2D eigenvalue weighted by molar-refractivity contribution is 5.86. The second kappa shape index (κ2) is 3.49. The molecule has 0 radical (unpaired) electrons. The third-order valence-electron chi connectivity index (χ3n) is 3.07. The Morgan fingerprint density at radius 2 is 2.00 bits per heavy atom. The Morgan fingerprint density at radius 3 is 2.64 bits per heavy atom. The molecule has 1 aromatic rings. The van der Waals surface area contributed by atoms with Crippen LogP contribution in [0.15, 0.2) is 30.8 Å². The van der Waals surface area contributed by atoms with E-state index in [2.05, 4.69) is 49.6 Å². The van der Waals surface area contributed by atoms with Crippen molar-refractivity contribution < 1.29 is 0 Å². The van der Waals surface area contributed by atoms with Gasteiger partial charge in [-0.1, -0.05) is 31.7 Å². The molecule has 0 N–H and O–H groups in total. The highest BCUT2D eigenvalue weighted by atomic mass is 15.2. The molecule has 0 bridgehead atoms. The second-order valence-electron chi connectivity index (χ2n) is 3.75. The van der Waals surface area contributed by atoms with Gasteiger partial charge >= 0.3 is 0 Å². The molecule has 1 atom stereocenters. The van der Waals surface area contributed by atoms with E-state index in [1.807, 2.05) is 0 Å². The molecule has 0 aromatic heterocycles. The molecule has 0 aliphatic carbocycles. The molecular formula is C13H17N. The maximum absolute atomic E-state index is 4.20. The summed E-state index contributed by atoms with van der Waals surface area (Å²) >= 11 is 0. The normalized spacial score (nSPS) is 20.0. The van der Waals surface area contributed by atoms with E-state index in [1.54, 1.807) is 0 Å². The van der Waals surface area contributed by atoms with Crippen LogP contribution in [0.1, 0.15) is 25.8 Å². The number of para-hydroxylation sites is 1. The standard InChI is InChI=1S/C13H17N/c1-4-12-10(3)11-8-6-7-9-13(11)14(12)5-2/h6-9,12H,3-5H2,1-2H3. The molecule has 2 rings (SSSR count). The smallest absolute Gasteiger partial charge is 0.0540 e. The van der Waals surface area contributed by atoms with Crippen molar-refractivity contribution in [3.8, 4) is 0 Å². The molecule has 0 fully saturated rings. The van der Waals surface area contributed by atoms with Crippen LogP contribution >= 0.6 is 0 Å². The van der Waals surface area contributed by atoms with E-state index in [-0.39, 0.29) is 0 Å². The van der Waals surface area contributed by atoms with Crippen LogP contribution in [-0.2, 0) is 0 Å². The van der Waals surface area contributed by atoms with Gasteiger partial charge in [-0.15, -0.1) is 0 Å². The van der Waals surface area contributed by atoms with Gasteiger partial charge in [0.05, 0.1) is 6.04 Å². The molecule has 1 unspecified atom stereocenters. The molecule has 0 amide bonds. The van der Waals surface area contributed by atoms with E-state index in [9.17, 15) is 0 Å². The summed E-state index contributed by atoms with van der Waals surface area (Å²) in [7, 11) is 0. The molecule has 0 saturated carbocycles. The third kappa shape index (κ3) is 1.16. The van der Waals surface area contributed by atoms with Gasteiger partial charge in [0, 0.05) is 17.8 Å². The Morgan fingerprint density at radius 1 is 1.29 bits per heavy atom. The van der Waals surface area contributed by atoms with Gasteiger partial charge in [0.15, 0.2) is 0 Å². The first-order valence-corrected chi connectivity index (χ1v) is 5.34. The topological polar surface area (TPSA) is 3.24 Å². The minimum atomic E-state index is 0.511. The summed E-state index contributed by atoms with van der Waals surface area (Å²) in [5.74, 6) is 0. The summed E-state index contributed by atoms with van der Waals surface area (Å²) < 4.78 is 0. The summed E-state index contributed by atoms with van der Waals surface area (Å²) in [6.07, 6.45) is 1.14. The summed E-state index contributed by atoms with van der Waals surface area (Å²) in [5, 5.41) is 0. The van der Waals surface area contributed by atoms with Crippen molar-refractivity contribution in [3.05, 3.63) is 36.4 Å². The summed E-state index contributed by atoms with van der Waals surface area (Å²) in [5.41, 5.74) is 3.97. The lowest BCUT2D eigenvalue weighted by atomic mass is 10.0. The predicted molar refractivity (Wildman–Crippen MR) is 62.6 cm³/mol. The van der Waals surface area contributed by atoms with Crippen molar-refractivity contribution >= 4 is 11.3 Å². The van der Waals surface area contributed by atoms with Gasteiger partial charge in [0.25, 0.3) is 0 Å². The van der Waals surface area contributed by atoms with Crippen molar-refractivity contribution in [1.82, 2.24) is 0 Å². The average molecular weight is 187 g/mol. The summed E-state index contributed by atoms with van der Waals surface area (Å²) in [6, 6.07) is 9.08. The minimum absolute atomic E-state index is 0.511. The number of nitrogens with zero attached hydrogens (tertiary/aromatic N) is 1. The van der Waals surface area contributed by atoms with Crippen LogP contribution in [0.5, 0.6) is 0 Å². The number of rotatable bonds is 2. The Labute approximate surface area is 86.1 Å². The molecule has 1 nitrogen and oxygen atoms in total. The Balaban J connectivity index is 2.48. The van der Waals surface area contributed by atoms with E-state index < -0.39 is 0 Å². The van der Waals surface area contributed by atoms with Gasteiger partial charge in [0.1, 0.15) is 0 Å². The van der Waals surface area contributed by atoms with Crippen LogP contribution in [0.25, 0.3) is 5.57 Å². The zero-order chi connectivity index (χ0) is 10.1. The lowest BCUT2D eigenvalue weighted by molar-refractivity contribution is 0.716. The van der Waals surface area contributed by atoms with Crippen molar-refractivity contribution in [3.63, 3.8) is 0 Å². The molecular weight excluding hydrogens is 170 g/mol. The van der Waals surface area contributed by atoms with Crippen LogP contribution in [0.3, 0.4) is 0 Å². The quantitative estimate of drug-likeness (QED) is 0.686. The van der Waals surface area contributed by atoms with Crippen LogP contribution in [0.2, 0.25) is 0 Å². The van der Waals surface area contributed by atoms with E-state index >= 15 is 0 Å². The van der Waals surface area contributed by atoms with Crippen LogP contribution < -0.4 is 4.90 Å². The van der Waals surface area contributed by atoms with Crippen LogP contribution in [0, 0.1) is 0 Å². The minimum Gasteiger partial charge on any atom is -0.364 e. The maximum Gasteiger partial charge on any atom is 0.0540 e. The Kier molecular flexibility index (Phi) is 2.32. The molecule has 1 aliphatic heterocycles. The molecule has 1 aromatic carbocycles. The maximum atomic E-state index is 4.20. The number of benzene rings is 1. The monoisotopic (exact) mass is 187 g/mol. The number of likely N-dealkylation sites (N-methyl/N-ethyl adjacent to an activating group) is 1. The molecule has 0 saturated heterocycles. The largest absolute Gasteiger partial charge is 0.364 e. The Hall–Kier alpha value is -1.24. The fraction of sp³-hybridized carbons (Fsp3) is 0.385. The third-order valence-corrected chi connectivity index (χ3v) is 3.07. The fourth-order valence-corrected chi connectivity index (χ4v) is 2.39.